The molecule has 0 aromatic carbocycles. The molecule has 1 atom stereocenters. The summed E-state index contributed by atoms with van der Waals surface area (Å²) in [5.41, 5.74) is 0.922. The first-order valence-electron chi connectivity index (χ1n) is 6.52. The summed E-state index contributed by atoms with van der Waals surface area (Å²) < 4.78 is 5.50. The van der Waals surface area contributed by atoms with Crippen molar-refractivity contribution in [1.82, 2.24) is 4.90 Å². The quantitative estimate of drug-likeness (QED) is 0.859. The molecule has 0 radical (unpaired) electrons. The minimum Gasteiger partial charge on any atom is -0.480 e. The van der Waals surface area contributed by atoms with Crippen molar-refractivity contribution < 1.29 is 19.1 Å². The predicted octanol–water partition coefficient (Wildman–Crippen LogP) is 2.48. The van der Waals surface area contributed by atoms with Gasteiger partial charge < -0.3 is 14.4 Å². The summed E-state index contributed by atoms with van der Waals surface area (Å²) in [6.45, 7) is 7.26. The van der Waals surface area contributed by atoms with Gasteiger partial charge in [0, 0.05) is 12.5 Å². The number of carbonyl (C=O) groups is 2. The molecule has 1 aromatic rings. The van der Waals surface area contributed by atoms with Gasteiger partial charge >= 0.3 is 5.97 Å². The molecule has 0 fully saturated rings. The molecule has 0 bridgehead atoms. The van der Waals surface area contributed by atoms with Gasteiger partial charge in [-0.1, -0.05) is 13.8 Å². The van der Waals surface area contributed by atoms with E-state index in [0.29, 0.717) is 12.8 Å². The van der Waals surface area contributed by atoms with Crippen LogP contribution in [0, 0.1) is 6.92 Å². The summed E-state index contributed by atoms with van der Waals surface area (Å²) in [4.78, 5) is 24.5. The maximum absolute atomic E-state index is 12.3. The first-order valence-corrected chi connectivity index (χ1v) is 6.52. The Morgan fingerprint density at radius 2 is 2.05 bits per heavy atom. The third-order valence-electron chi connectivity index (χ3n) is 3.24. The van der Waals surface area contributed by atoms with Crippen molar-refractivity contribution in [3.05, 3.63) is 23.2 Å². The SMILES string of the molecule is CCc1oc(C(=O)N(CC(=O)O)C(C)CC)cc1C. The van der Waals surface area contributed by atoms with Crippen molar-refractivity contribution in [3.8, 4) is 0 Å². The van der Waals surface area contributed by atoms with Gasteiger partial charge in [0.15, 0.2) is 5.76 Å². The van der Waals surface area contributed by atoms with E-state index in [2.05, 4.69) is 0 Å². The molecule has 1 unspecified atom stereocenters. The van der Waals surface area contributed by atoms with Gasteiger partial charge in [0.1, 0.15) is 12.3 Å². The fourth-order valence-corrected chi connectivity index (χ4v) is 1.91. The zero-order chi connectivity index (χ0) is 14.6. The van der Waals surface area contributed by atoms with E-state index in [-0.39, 0.29) is 24.3 Å². The van der Waals surface area contributed by atoms with Crippen molar-refractivity contribution >= 4 is 11.9 Å². The van der Waals surface area contributed by atoms with Crippen LogP contribution < -0.4 is 0 Å². The van der Waals surface area contributed by atoms with Crippen molar-refractivity contribution in [2.75, 3.05) is 6.54 Å². The molecule has 0 saturated carbocycles. The second-order valence-corrected chi connectivity index (χ2v) is 4.65. The third-order valence-corrected chi connectivity index (χ3v) is 3.24. The van der Waals surface area contributed by atoms with Crippen LogP contribution in [0.4, 0.5) is 0 Å². The van der Waals surface area contributed by atoms with Gasteiger partial charge in [0.25, 0.3) is 5.91 Å². The van der Waals surface area contributed by atoms with Crippen molar-refractivity contribution in [3.63, 3.8) is 0 Å². The predicted molar refractivity (Wildman–Crippen MR) is 71.2 cm³/mol. The highest BCUT2D eigenvalue weighted by molar-refractivity contribution is 5.93. The Morgan fingerprint density at radius 3 is 2.47 bits per heavy atom. The zero-order valence-electron chi connectivity index (χ0n) is 11.9. The molecule has 0 aliphatic heterocycles. The van der Waals surface area contributed by atoms with Gasteiger partial charge in [-0.15, -0.1) is 0 Å². The lowest BCUT2D eigenvalue weighted by Gasteiger charge is -2.25. The summed E-state index contributed by atoms with van der Waals surface area (Å²) in [6, 6.07) is 1.54. The lowest BCUT2D eigenvalue weighted by Crippen LogP contribution is -2.41. The second kappa shape index (κ2) is 6.41. The second-order valence-electron chi connectivity index (χ2n) is 4.65. The number of hydrogen-bond acceptors (Lipinski definition) is 3. The number of amides is 1. The molecule has 0 saturated heterocycles. The Bertz CT molecular complexity index is 464. The van der Waals surface area contributed by atoms with E-state index < -0.39 is 5.97 Å². The zero-order valence-corrected chi connectivity index (χ0v) is 11.9. The lowest BCUT2D eigenvalue weighted by atomic mass is 10.2. The van der Waals surface area contributed by atoms with Crippen LogP contribution in [0.25, 0.3) is 0 Å². The smallest absolute Gasteiger partial charge is 0.323 e. The molecular formula is C14H21NO4. The number of rotatable bonds is 6. The summed E-state index contributed by atoms with van der Waals surface area (Å²) in [7, 11) is 0. The molecular weight excluding hydrogens is 246 g/mol. The van der Waals surface area contributed by atoms with Crippen LogP contribution in [0.3, 0.4) is 0 Å². The summed E-state index contributed by atoms with van der Waals surface area (Å²) in [5, 5.41) is 8.91. The van der Waals surface area contributed by atoms with Crippen LogP contribution >= 0.6 is 0 Å². The number of carbonyl (C=O) groups excluding carboxylic acids is 1. The number of carboxylic acids is 1. The first kappa shape index (κ1) is 15.3. The van der Waals surface area contributed by atoms with Gasteiger partial charge in [-0.05, 0) is 31.9 Å². The standard InChI is InChI=1S/C14H21NO4/c1-5-10(4)15(8-13(16)17)14(18)12-7-9(3)11(6-2)19-12/h7,10H,5-6,8H2,1-4H3,(H,16,17). The molecule has 1 heterocycles. The molecule has 5 nitrogen and oxygen atoms in total. The molecule has 106 valence electrons. The first-order chi connectivity index (χ1) is 8.90. The molecule has 0 aliphatic carbocycles. The molecule has 19 heavy (non-hydrogen) atoms. The summed E-state index contributed by atoms with van der Waals surface area (Å²) >= 11 is 0. The van der Waals surface area contributed by atoms with E-state index >= 15 is 0 Å². The van der Waals surface area contributed by atoms with E-state index in [1.165, 1.54) is 4.90 Å². The van der Waals surface area contributed by atoms with E-state index in [4.69, 9.17) is 9.52 Å². The Labute approximate surface area is 113 Å². The van der Waals surface area contributed by atoms with Crippen molar-refractivity contribution in [2.24, 2.45) is 0 Å². The fourth-order valence-electron chi connectivity index (χ4n) is 1.91. The molecule has 1 amide bonds. The average Bonchev–Trinajstić information content (AvgIpc) is 2.75. The molecule has 1 N–H and O–H groups in total. The minimum absolute atomic E-state index is 0.140. The Kier molecular flexibility index (Phi) is 5.15. The van der Waals surface area contributed by atoms with Crippen LogP contribution in [0.15, 0.2) is 10.5 Å². The molecule has 0 spiro atoms. The Morgan fingerprint density at radius 1 is 1.42 bits per heavy atom. The Hall–Kier alpha value is -1.78. The molecule has 0 aliphatic rings. The van der Waals surface area contributed by atoms with Crippen molar-refractivity contribution in [2.45, 2.75) is 46.6 Å². The highest BCUT2D eigenvalue weighted by Gasteiger charge is 2.25. The molecule has 5 heteroatoms. The van der Waals surface area contributed by atoms with Crippen molar-refractivity contribution in [1.29, 1.82) is 0 Å². The normalized spacial score (nSPS) is 12.2. The van der Waals surface area contributed by atoms with Crippen LogP contribution in [-0.4, -0.2) is 34.5 Å². The number of furan rings is 1. The lowest BCUT2D eigenvalue weighted by molar-refractivity contribution is -0.138. The summed E-state index contributed by atoms with van der Waals surface area (Å²) in [6.07, 6.45) is 1.40. The van der Waals surface area contributed by atoms with Gasteiger partial charge in [-0.2, -0.15) is 0 Å². The monoisotopic (exact) mass is 267 g/mol. The average molecular weight is 267 g/mol. The fraction of sp³-hybridized carbons (Fsp3) is 0.571. The topological polar surface area (TPSA) is 70.8 Å². The largest absolute Gasteiger partial charge is 0.480 e. The maximum Gasteiger partial charge on any atom is 0.323 e. The van der Waals surface area contributed by atoms with Crippen LogP contribution in [0.2, 0.25) is 0 Å². The van der Waals surface area contributed by atoms with Crippen LogP contribution in [-0.2, 0) is 11.2 Å². The Balaban J connectivity index is 3.00. The number of aliphatic carboxylic acids is 1. The highest BCUT2D eigenvalue weighted by Crippen LogP contribution is 2.18. The van der Waals surface area contributed by atoms with Crippen LogP contribution in [0.5, 0.6) is 0 Å². The third kappa shape index (κ3) is 3.59. The maximum atomic E-state index is 12.3. The van der Waals surface area contributed by atoms with Gasteiger partial charge in [-0.25, -0.2) is 0 Å². The van der Waals surface area contributed by atoms with Crippen LogP contribution in [0.1, 0.15) is 49.1 Å². The number of nitrogens with zero attached hydrogens (tertiary/aromatic N) is 1. The van der Waals surface area contributed by atoms with E-state index in [1.54, 1.807) is 6.07 Å². The van der Waals surface area contributed by atoms with Gasteiger partial charge in [0.05, 0.1) is 0 Å². The molecule has 1 aromatic heterocycles. The number of aryl methyl sites for hydroxylation is 2. The highest BCUT2D eigenvalue weighted by atomic mass is 16.4. The van der Waals surface area contributed by atoms with E-state index in [1.807, 2.05) is 27.7 Å². The van der Waals surface area contributed by atoms with Gasteiger partial charge in [0.2, 0.25) is 0 Å². The number of hydrogen-bond donors (Lipinski definition) is 1. The van der Waals surface area contributed by atoms with E-state index in [0.717, 1.165) is 11.3 Å². The molecule has 1 rings (SSSR count). The van der Waals surface area contributed by atoms with E-state index in [9.17, 15) is 9.59 Å². The minimum atomic E-state index is -1.02. The summed E-state index contributed by atoms with van der Waals surface area (Å²) in [5.74, 6) is -0.397. The number of carboxylic acid groups (broad SMARTS) is 1. The van der Waals surface area contributed by atoms with Gasteiger partial charge in [-0.3, -0.25) is 9.59 Å².